The van der Waals surface area contributed by atoms with Gasteiger partial charge in [0.05, 0.1) is 0 Å². The Bertz CT molecular complexity index is 317. The number of aryl methyl sites for hydroxylation is 1. The first kappa shape index (κ1) is 14.3. The average molecular weight is 251 g/mol. The van der Waals surface area contributed by atoms with Crippen molar-refractivity contribution in [2.75, 3.05) is 0 Å². The monoisotopic (exact) mass is 250 g/mol. The van der Waals surface area contributed by atoms with Gasteiger partial charge in [-0.15, -0.1) is 6.58 Å². The fraction of sp³-hybridized carbons (Fsp3) is 0.500. The van der Waals surface area contributed by atoms with Gasteiger partial charge in [-0.05, 0) is 43.4 Å². The first-order valence-corrected chi connectivity index (χ1v) is 7.06. The number of unbranched alkanes of at least 4 members (excludes halogenated alkanes) is 6. The maximum atomic E-state index is 5.95. The lowest BCUT2D eigenvalue weighted by atomic mass is 10.0. The Morgan fingerprint density at radius 3 is 2.41 bits per heavy atom. The molecule has 1 rings (SSSR count). The molecule has 0 N–H and O–H groups in total. The number of hydrogen-bond donors (Lipinski definition) is 0. The Kier molecular flexibility index (Phi) is 7.83. The molecule has 0 amide bonds. The summed E-state index contributed by atoms with van der Waals surface area (Å²) in [5, 5.41) is 0.854. The average Bonchev–Trinajstić information content (AvgIpc) is 2.33. The van der Waals surface area contributed by atoms with E-state index in [4.69, 9.17) is 11.6 Å². The van der Waals surface area contributed by atoms with E-state index in [1.807, 2.05) is 18.2 Å². The number of benzene rings is 1. The van der Waals surface area contributed by atoms with Crippen LogP contribution in [0.2, 0.25) is 5.02 Å². The van der Waals surface area contributed by atoms with Crippen LogP contribution in [0.3, 0.4) is 0 Å². The lowest BCUT2D eigenvalue weighted by molar-refractivity contribution is 0.597. The predicted molar refractivity (Wildman–Crippen MR) is 77.7 cm³/mol. The van der Waals surface area contributed by atoms with Crippen LogP contribution in [0, 0.1) is 0 Å². The molecule has 0 nitrogen and oxygen atoms in total. The van der Waals surface area contributed by atoms with Crippen molar-refractivity contribution in [2.24, 2.45) is 0 Å². The van der Waals surface area contributed by atoms with Gasteiger partial charge in [-0.25, -0.2) is 0 Å². The van der Waals surface area contributed by atoms with E-state index in [9.17, 15) is 0 Å². The summed E-state index contributed by atoms with van der Waals surface area (Å²) in [4.78, 5) is 0. The molecule has 0 unspecified atom stereocenters. The largest absolute Gasteiger partial charge is 0.103 e. The maximum Gasteiger partial charge on any atom is 0.0408 e. The fourth-order valence-electron chi connectivity index (χ4n) is 2.02. The van der Waals surface area contributed by atoms with Crippen molar-refractivity contribution in [1.82, 2.24) is 0 Å². The third kappa shape index (κ3) is 7.23. The van der Waals surface area contributed by atoms with Crippen LogP contribution in [0.1, 0.15) is 50.5 Å². The van der Waals surface area contributed by atoms with Gasteiger partial charge in [-0.2, -0.15) is 0 Å². The summed E-state index contributed by atoms with van der Waals surface area (Å²) in [6, 6.07) is 8.21. The minimum atomic E-state index is 0.854. The first-order chi connectivity index (χ1) is 8.33. The van der Waals surface area contributed by atoms with Gasteiger partial charge in [-0.3, -0.25) is 0 Å². The van der Waals surface area contributed by atoms with Gasteiger partial charge in [0.15, 0.2) is 0 Å². The molecule has 0 fully saturated rings. The number of halogens is 1. The maximum absolute atomic E-state index is 5.95. The number of hydrogen-bond acceptors (Lipinski definition) is 0. The third-order valence-electron chi connectivity index (χ3n) is 3.01. The summed E-state index contributed by atoms with van der Waals surface area (Å²) in [6.45, 7) is 3.74. The summed E-state index contributed by atoms with van der Waals surface area (Å²) in [5.74, 6) is 0. The van der Waals surface area contributed by atoms with Crippen LogP contribution in [-0.4, -0.2) is 0 Å². The SMILES string of the molecule is C=CCCCCCCCCc1cccc(Cl)c1. The smallest absolute Gasteiger partial charge is 0.0408 e. The molecule has 17 heavy (non-hydrogen) atoms. The fourth-order valence-corrected chi connectivity index (χ4v) is 2.23. The van der Waals surface area contributed by atoms with E-state index in [1.54, 1.807) is 0 Å². The van der Waals surface area contributed by atoms with Crippen molar-refractivity contribution >= 4 is 11.6 Å². The van der Waals surface area contributed by atoms with E-state index in [0.717, 1.165) is 11.4 Å². The third-order valence-corrected chi connectivity index (χ3v) is 3.25. The lowest BCUT2D eigenvalue weighted by Crippen LogP contribution is -1.86. The van der Waals surface area contributed by atoms with Gasteiger partial charge < -0.3 is 0 Å². The second kappa shape index (κ2) is 9.30. The molecule has 94 valence electrons. The number of allylic oxidation sites excluding steroid dienone is 1. The molecule has 0 aliphatic carbocycles. The van der Waals surface area contributed by atoms with Crippen LogP contribution >= 0.6 is 11.6 Å². The summed E-state index contributed by atoms with van der Waals surface area (Å²) in [7, 11) is 0. The van der Waals surface area contributed by atoms with Crippen molar-refractivity contribution in [2.45, 2.75) is 51.4 Å². The van der Waals surface area contributed by atoms with Gasteiger partial charge in [0.2, 0.25) is 0 Å². The minimum Gasteiger partial charge on any atom is -0.103 e. The molecule has 0 saturated carbocycles. The molecule has 0 aliphatic heterocycles. The molecule has 0 radical (unpaired) electrons. The van der Waals surface area contributed by atoms with E-state index in [0.29, 0.717) is 0 Å². The second-order valence-electron chi connectivity index (χ2n) is 4.58. The van der Waals surface area contributed by atoms with Crippen LogP contribution in [0.4, 0.5) is 0 Å². The highest BCUT2D eigenvalue weighted by Gasteiger charge is 1.95. The molecule has 0 aromatic heterocycles. The van der Waals surface area contributed by atoms with E-state index in [1.165, 1.54) is 50.5 Å². The Hall–Kier alpha value is -0.750. The Balaban J connectivity index is 1.99. The highest BCUT2D eigenvalue weighted by Crippen LogP contribution is 2.14. The molecular formula is C16H23Cl. The Morgan fingerprint density at radius 1 is 1.00 bits per heavy atom. The van der Waals surface area contributed by atoms with Crippen molar-refractivity contribution in [3.63, 3.8) is 0 Å². The van der Waals surface area contributed by atoms with Gasteiger partial charge >= 0.3 is 0 Å². The van der Waals surface area contributed by atoms with Crippen LogP contribution < -0.4 is 0 Å². The molecule has 0 aliphatic rings. The van der Waals surface area contributed by atoms with E-state index < -0.39 is 0 Å². The van der Waals surface area contributed by atoms with Gasteiger partial charge in [0, 0.05) is 5.02 Å². The molecule has 1 aromatic carbocycles. The van der Waals surface area contributed by atoms with Crippen molar-refractivity contribution in [1.29, 1.82) is 0 Å². The van der Waals surface area contributed by atoms with E-state index in [-0.39, 0.29) is 0 Å². The quantitative estimate of drug-likeness (QED) is 0.384. The highest BCUT2D eigenvalue weighted by molar-refractivity contribution is 6.30. The predicted octanol–water partition coefficient (Wildman–Crippen LogP) is 5.80. The molecule has 0 atom stereocenters. The van der Waals surface area contributed by atoms with Crippen molar-refractivity contribution < 1.29 is 0 Å². The number of rotatable bonds is 9. The van der Waals surface area contributed by atoms with Gasteiger partial charge in [-0.1, -0.05) is 55.5 Å². The van der Waals surface area contributed by atoms with E-state index in [2.05, 4.69) is 18.7 Å². The Labute approximate surface area is 111 Å². The van der Waals surface area contributed by atoms with Gasteiger partial charge in [0.25, 0.3) is 0 Å². The van der Waals surface area contributed by atoms with Crippen molar-refractivity contribution in [3.8, 4) is 0 Å². The van der Waals surface area contributed by atoms with Crippen molar-refractivity contribution in [3.05, 3.63) is 47.5 Å². The standard InChI is InChI=1S/C16H23Cl/c1-2-3-4-5-6-7-8-9-11-15-12-10-13-16(17)14-15/h2,10,12-14H,1,3-9,11H2. The first-order valence-electron chi connectivity index (χ1n) is 6.68. The minimum absolute atomic E-state index is 0.854. The van der Waals surface area contributed by atoms with Crippen LogP contribution in [-0.2, 0) is 6.42 Å². The normalized spacial score (nSPS) is 10.4. The summed E-state index contributed by atoms with van der Waals surface area (Å²) in [6.07, 6.45) is 12.3. The Morgan fingerprint density at radius 2 is 1.71 bits per heavy atom. The zero-order chi connectivity index (χ0) is 12.3. The summed E-state index contributed by atoms with van der Waals surface area (Å²) in [5.41, 5.74) is 1.36. The summed E-state index contributed by atoms with van der Waals surface area (Å²) >= 11 is 5.95. The molecule has 1 aromatic rings. The second-order valence-corrected chi connectivity index (χ2v) is 5.02. The van der Waals surface area contributed by atoms with E-state index >= 15 is 0 Å². The van der Waals surface area contributed by atoms with Crippen LogP contribution in [0.5, 0.6) is 0 Å². The molecule has 1 heteroatoms. The van der Waals surface area contributed by atoms with Crippen LogP contribution in [0.15, 0.2) is 36.9 Å². The topological polar surface area (TPSA) is 0 Å². The molecule has 0 saturated heterocycles. The molecule has 0 spiro atoms. The zero-order valence-electron chi connectivity index (χ0n) is 10.6. The zero-order valence-corrected chi connectivity index (χ0v) is 11.4. The van der Waals surface area contributed by atoms with Crippen LogP contribution in [0.25, 0.3) is 0 Å². The molecular weight excluding hydrogens is 228 g/mol. The lowest BCUT2D eigenvalue weighted by Gasteiger charge is -2.02. The summed E-state index contributed by atoms with van der Waals surface area (Å²) < 4.78 is 0. The molecule has 0 heterocycles. The molecule has 0 bridgehead atoms. The van der Waals surface area contributed by atoms with Gasteiger partial charge in [0.1, 0.15) is 0 Å². The highest BCUT2D eigenvalue weighted by atomic mass is 35.5.